The van der Waals surface area contributed by atoms with E-state index in [1.54, 1.807) is 66.7 Å². The Bertz CT molecular complexity index is 1350. The largest absolute Gasteiger partial charge is 0.496 e. The summed E-state index contributed by atoms with van der Waals surface area (Å²) in [6, 6.07) is 22.2. The lowest BCUT2D eigenvalue weighted by Crippen LogP contribution is -2.23. The third-order valence-electron chi connectivity index (χ3n) is 5.81. The summed E-state index contributed by atoms with van der Waals surface area (Å²) < 4.78 is 33.8. The Morgan fingerprint density at radius 1 is 0.912 bits per heavy atom. The van der Waals surface area contributed by atoms with Crippen LogP contribution in [0.5, 0.6) is 5.75 Å². The van der Waals surface area contributed by atoms with E-state index >= 15 is 0 Å². The maximum absolute atomic E-state index is 13.1. The maximum Gasteiger partial charge on any atom is 0.261 e. The Balaban J connectivity index is 1.58. The summed E-state index contributed by atoms with van der Waals surface area (Å²) in [6.45, 7) is 1.87. The summed E-state index contributed by atoms with van der Waals surface area (Å²) >= 11 is 0. The number of hydrogen-bond donors (Lipinski definition) is 1. The monoisotopic (exact) mass is 475 g/mol. The third kappa shape index (κ3) is 5.10. The molecule has 0 unspecified atom stereocenters. The van der Waals surface area contributed by atoms with Gasteiger partial charge in [-0.25, -0.2) is 8.42 Å². The summed E-state index contributed by atoms with van der Waals surface area (Å²) in [5, 5.41) is 0. The van der Waals surface area contributed by atoms with E-state index in [0.717, 1.165) is 5.56 Å². The number of allylic oxidation sites excluding steroid dienone is 1. The highest BCUT2D eigenvalue weighted by Crippen LogP contribution is 2.43. The van der Waals surface area contributed by atoms with Gasteiger partial charge in [-0.1, -0.05) is 60.2 Å². The van der Waals surface area contributed by atoms with E-state index in [2.05, 4.69) is 4.72 Å². The van der Waals surface area contributed by atoms with Crippen LogP contribution in [0.4, 0.5) is 0 Å². The van der Waals surface area contributed by atoms with E-state index in [0.29, 0.717) is 23.3 Å². The molecule has 34 heavy (non-hydrogen) atoms. The van der Waals surface area contributed by atoms with Crippen LogP contribution in [0, 0.1) is 18.8 Å². The average Bonchev–Trinajstić information content (AvgIpc) is 3.65. The number of carbonyl (C=O) groups excluding carboxylic acids is 2. The molecule has 6 nitrogen and oxygen atoms in total. The zero-order chi connectivity index (χ0) is 24.3. The van der Waals surface area contributed by atoms with E-state index in [9.17, 15) is 18.0 Å². The Labute approximate surface area is 199 Å². The number of Topliss-reactive ketones (excluding diaryl/α,β-unsaturated/α-hetero) is 1. The van der Waals surface area contributed by atoms with Gasteiger partial charge in [-0.05, 0) is 43.2 Å². The summed E-state index contributed by atoms with van der Waals surface area (Å²) in [5.41, 5.74) is 2.10. The van der Waals surface area contributed by atoms with Crippen LogP contribution in [-0.2, 0) is 14.8 Å². The molecule has 1 N–H and O–H groups in total. The number of sulfonamides is 1. The molecule has 7 heteroatoms. The molecule has 1 fully saturated rings. The van der Waals surface area contributed by atoms with Gasteiger partial charge < -0.3 is 4.74 Å². The minimum atomic E-state index is -3.91. The number of nitrogens with one attached hydrogen (secondary N) is 1. The van der Waals surface area contributed by atoms with Crippen molar-refractivity contribution >= 4 is 27.3 Å². The molecule has 0 saturated heterocycles. The maximum atomic E-state index is 13.1. The normalized spacial score (nSPS) is 17.6. The van der Waals surface area contributed by atoms with Gasteiger partial charge in [-0.3, -0.25) is 14.3 Å². The topological polar surface area (TPSA) is 89.5 Å². The molecule has 1 saturated carbocycles. The summed E-state index contributed by atoms with van der Waals surface area (Å²) in [4.78, 5) is 26.1. The lowest BCUT2D eigenvalue weighted by molar-refractivity contribution is -0.115. The van der Waals surface area contributed by atoms with Crippen LogP contribution >= 0.6 is 0 Å². The van der Waals surface area contributed by atoms with Gasteiger partial charge in [-0.2, -0.15) is 0 Å². The first kappa shape index (κ1) is 23.4. The van der Waals surface area contributed by atoms with Crippen molar-refractivity contribution in [3.63, 3.8) is 0 Å². The number of rotatable bonds is 9. The fourth-order valence-corrected chi connectivity index (χ4v) is 4.89. The van der Waals surface area contributed by atoms with E-state index in [1.165, 1.54) is 25.3 Å². The molecule has 0 amide bonds. The van der Waals surface area contributed by atoms with Gasteiger partial charge in [0.1, 0.15) is 5.75 Å². The third-order valence-corrected chi connectivity index (χ3v) is 7.19. The molecule has 4 rings (SSSR count). The van der Waals surface area contributed by atoms with Crippen molar-refractivity contribution in [2.75, 3.05) is 7.11 Å². The summed E-state index contributed by atoms with van der Waals surface area (Å²) in [6.07, 6.45) is 1.71. The van der Waals surface area contributed by atoms with Crippen molar-refractivity contribution < 1.29 is 22.7 Å². The van der Waals surface area contributed by atoms with Gasteiger partial charge in [0.2, 0.25) is 0 Å². The van der Waals surface area contributed by atoms with Gasteiger partial charge in [0.05, 0.1) is 23.3 Å². The van der Waals surface area contributed by atoms with Crippen LogP contribution in [0.1, 0.15) is 27.9 Å². The van der Waals surface area contributed by atoms with Gasteiger partial charge in [0.15, 0.2) is 11.6 Å². The quantitative estimate of drug-likeness (QED) is 0.366. The van der Waals surface area contributed by atoms with Crippen molar-refractivity contribution in [3.8, 4) is 5.75 Å². The average molecular weight is 476 g/mol. The van der Waals surface area contributed by atoms with Crippen LogP contribution in [0.25, 0.3) is 5.70 Å². The van der Waals surface area contributed by atoms with Gasteiger partial charge in [0.25, 0.3) is 10.0 Å². The first-order valence-corrected chi connectivity index (χ1v) is 12.4. The molecule has 1 aliphatic carbocycles. The number of ether oxygens (including phenoxy) is 1. The molecular formula is C27H25NO5S. The molecule has 0 spiro atoms. The number of benzene rings is 3. The first-order valence-electron chi connectivity index (χ1n) is 10.9. The lowest BCUT2D eigenvalue weighted by atomic mass is 10.0. The fourth-order valence-electron chi connectivity index (χ4n) is 3.81. The Hall–Kier alpha value is -3.71. The number of ketones is 2. The molecular weight excluding hydrogens is 450 g/mol. The molecule has 0 heterocycles. The Kier molecular flexibility index (Phi) is 6.65. The predicted octanol–water partition coefficient (Wildman–Crippen LogP) is 4.41. The first-order chi connectivity index (χ1) is 16.3. The molecule has 3 aromatic carbocycles. The Morgan fingerprint density at radius 3 is 2.24 bits per heavy atom. The minimum Gasteiger partial charge on any atom is -0.496 e. The standard InChI is InChI=1S/C27H25NO5S/c1-18-12-14-20(15-13-18)34(31,32)28-24(19-8-4-3-5-9-19)17-25(29)22-16-23(22)27(30)21-10-6-7-11-26(21)33-2/h3-15,17,22-23,28H,16H2,1-2H3/b24-17-/t22-,23-/m1/s1. The molecule has 0 aliphatic heterocycles. The van der Waals surface area contributed by atoms with Gasteiger partial charge >= 0.3 is 0 Å². The van der Waals surface area contributed by atoms with Crippen molar-refractivity contribution in [1.82, 2.24) is 4.72 Å². The minimum absolute atomic E-state index is 0.100. The van der Waals surface area contributed by atoms with Crippen LogP contribution in [0.2, 0.25) is 0 Å². The van der Waals surface area contributed by atoms with E-state index < -0.39 is 21.9 Å². The Morgan fingerprint density at radius 2 is 1.56 bits per heavy atom. The highest BCUT2D eigenvalue weighted by atomic mass is 32.2. The smallest absolute Gasteiger partial charge is 0.261 e. The molecule has 1 aliphatic rings. The SMILES string of the molecule is COc1ccccc1C(=O)[C@@H]1C[C@H]1C(=O)/C=C(\NS(=O)(=O)c1ccc(C)cc1)c1ccccc1. The van der Waals surface area contributed by atoms with E-state index in [-0.39, 0.29) is 22.2 Å². The number of methoxy groups -OCH3 is 1. The fraction of sp³-hybridized carbons (Fsp3) is 0.185. The lowest BCUT2D eigenvalue weighted by Gasteiger charge is -2.13. The van der Waals surface area contributed by atoms with Gasteiger partial charge in [0, 0.05) is 17.9 Å². The van der Waals surface area contributed by atoms with Gasteiger partial charge in [-0.15, -0.1) is 0 Å². The molecule has 3 aromatic rings. The van der Waals surface area contributed by atoms with E-state index in [1.807, 2.05) is 6.92 Å². The molecule has 174 valence electrons. The second-order valence-electron chi connectivity index (χ2n) is 8.26. The van der Waals surface area contributed by atoms with Crippen LogP contribution in [0.3, 0.4) is 0 Å². The van der Waals surface area contributed by atoms with Crippen molar-refractivity contribution in [1.29, 1.82) is 0 Å². The van der Waals surface area contributed by atoms with Crippen molar-refractivity contribution in [2.45, 2.75) is 18.2 Å². The molecule has 0 aromatic heterocycles. The van der Waals surface area contributed by atoms with Crippen LogP contribution < -0.4 is 9.46 Å². The number of hydrogen-bond acceptors (Lipinski definition) is 5. The second kappa shape index (κ2) is 9.65. The number of aryl methyl sites for hydroxylation is 1. The van der Waals surface area contributed by atoms with Crippen LogP contribution in [-0.4, -0.2) is 27.1 Å². The van der Waals surface area contributed by atoms with Crippen molar-refractivity contribution in [3.05, 3.63) is 102 Å². The van der Waals surface area contributed by atoms with Crippen molar-refractivity contribution in [2.24, 2.45) is 11.8 Å². The molecule has 0 bridgehead atoms. The zero-order valence-electron chi connectivity index (χ0n) is 18.9. The molecule has 0 radical (unpaired) electrons. The number of para-hydroxylation sites is 1. The molecule has 2 atom stereocenters. The van der Waals surface area contributed by atoms with Crippen LogP contribution in [0.15, 0.2) is 89.8 Å². The highest BCUT2D eigenvalue weighted by molar-refractivity contribution is 7.89. The highest BCUT2D eigenvalue weighted by Gasteiger charge is 2.47. The summed E-state index contributed by atoms with van der Waals surface area (Å²) in [7, 11) is -2.41. The second-order valence-corrected chi connectivity index (χ2v) is 9.94. The summed E-state index contributed by atoms with van der Waals surface area (Å²) in [5.74, 6) is -0.924. The van der Waals surface area contributed by atoms with E-state index in [4.69, 9.17) is 4.74 Å². The zero-order valence-corrected chi connectivity index (χ0v) is 19.7. The number of carbonyl (C=O) groups is 2. The predicted molar refractivity (Wildman–Crippen MR) is 130 cm³/mol.